The monoisotopic (exact) mass is 278 g/mol. The van der Waals surface area contributed by atoms with Crippen molar-refractivity contribution in [3.8, 4) is 0 Å². The Morgan fingerprint density at radius 1 is 1.00 bits per heavy atom. The maximum absolute atomic E-state index is 12.6. The number of rotatable bonds is 4. The van der Waals surface area contributed by atoms with Crippen molar-refractivity contribution < 1.29 is 9.22 Å². The first-order valence-electron chi connectivity index (χ1n) is 6.77. The van der Waals surface area contributed by atoms with Gasteiger partial charge in [-0.3, -0.25) is 4.79 Å². The van der Waals surface area contributed by atoms with Crippen LogP contribution in [-0.2, 0) is 4.43 Å². The average molecular weight is 278 g/mol. The van der Waals surface area contributed by atoms with E-state index in [1.807, 2.05) is 44.2 Å². The van der Waals surface area contributed by atoms with Crippen LogP contribution in [0.3, 0.4) is 0 Å². The molecule has 0 saturated carbocycles. The molecule has 0 unspecified atom stereocenters. The zero-order valence-corrected chi connectivity index (χ0v) is 14.2. The van der Waals surface area contributed by atoms with Gasteiger partial charge in [-0.2, -0.15) is 0 Å². The summed E-state index contributed by atoms with van der Waals surface area (Å²) in [6, 6.07) is 9.38. The van der Waals surface area contributed by atoms with Gasteiger partial charge in [-0.25, -0.2) is 0 Å². The van der Waals surface area contributed by atoms with Crippen molar-refractivity contribution in [2.75, 3.05) is 0 Å². The molecule has 2 nitrogen and oxygen atoms in total. The number of Topliss-reactive ketones (excluding diaryl/α,β-unsaturated/α-hetero) is 1. The van der Waals surface area contributed by atoms with Crippen molar-refractivity contribution in [3.63, 3.8) is 0 Å². The van der Waals surface area contributed by atoms with E-state index in [1.54, 1.807) is 0 Å². The van der Waals surface area contributed by atoms with Crippen LogP contribution in [0.4, 0.5) is 0 Å². The third kappa shape index (κ3) is 3.77. The number of carbonyl (C=O) groups is 1. The van der Waals surface area contributed by atoms with Crippen LogP contribution < -0.4 is 0 Å². The van der Waals surface area contributed by atoms with Crippen LogP contribution in [0.5, 0.6) is 0 Å². The standard InChI is InChI=1S/C16H26O2Si/c1-15(2,3)19(6,7)18-16(4,5)14(17)13-11-9-8-10-12-13/h8-12H,1-7H3. The molecule has 0 heterocycles. The zero-order valence-electron chi connectivity index (χ0n) is 13.2. The summed E-state index contributed by atoms with van der Waals surface area (Å²) in [5, 5.41) is 0.0985. The predicted octanol–water partition coefficient (Wildman–Crippen LogP) is 4.67. The predicted molar refractivity (Wildman–Crippen MR) is 83.1 cm³/mol. The van der Waals surface area contributed by atoms with Crippen molar-refractivity contribution in [2.45, 2.75) is 58.4 Å². The van der Waals surface area contributed by atoms with Gasteiger partial charge in [0.2, 0.25) is 0 Å². The first kappa shape index (κ1) is 16.1. The summed E-state index contributed by atoms with van der Waals surface area (Å²) in [6.45, 7) is 14.7. The Morgan fingerprint density at radius 2 is 1.47 bits per heavy atom. The molecule has 19 heavy (non-hydrogen) atoms. The summed E-state index contributed by atoms with van der Waals surface area (Å²) in [7, 11) is -1.96. The molecule has 1 aromatic carbocycles. The molecule has 0 bridgehead atoms. The van der Waals surface area contributed by atoms with Crippen molar-refractivity contribution in [1.82, 2.24) is 0 Å². The van der Waals surface area contributed by atoms with E-state index in [4.69, 9.17) is 4.43 Å². The second kappa shape index (κ2) is 5.21. The second-order valence-electron chi connectivity index (χ2n) is 7.07. The minimum absolute atomic E-state index is 0.0536. The number of benzene rings is 1. The van der Waals surface area contributed by atoms with Gasteiger partial charge in [-0.15, -0.1) is 0 Å². The molecule has 0 spiro atoms. The smallest absolute Gasteiger partial charge is 0.193 e. The summed E-state index contributed by atoms with van der Waals surface area (Å²) >= 11 is 0. The zero-order chi connectivity index (χ0) is 14.9. The molecule has 0 aromatic heterocycles. The molecule has 0 radical (unpaired) electrons. The van der Waals surface area contributed by atoms with E-state index < -0.39 is 13.9 Å². The van der Waals surface area contributed by atoms with E-state index >= 15 is 0 Å². The maximum Gasteiger partial charge on any atom is 0.193 e. The third-order valence-corrected chi connectivity index (χ3v) is 8.53. The molecule has 0 aliphatic rings. The molecule has 1 aromatic rings. The number of hydrogen-bond donors (Lipinski definition) is 0. The van der Waals surface area contributed by atoms with Gasteiger partial charge >= 0.3 is 0 Å². The lowest BCUT2D eigenvalue weighted by Gasteiger charge is -2.42. The lowest BCUT2D eigenvalue weighted by atomic mass is 9.97. The highest BCUT2D eigenvalue weighted by Gasteiger charge is 2.44. The number of ketones is 1. The summed E-state index contributed by atoms with van der Waals surface area (Å²) in [5.41, 5.74) is -0.0594. The topological polar surface area (TPSA) is 26.3 Å². The van der Waals surface area contributed by atoms with Crippen LogP contribution in [0.1, 0.15) is 45.0 Å². The van der Waals surface area contributed by atoms with Crippen LogP contribution in [0, 0.1) is 0 Å². The minimum atomic E-state index is -1.96. The Bertz CT molecular complexity index is 442. The summed E-state index contributed by atoms with van der Waals surface area (Å²) in [5.74, 6) is 0.0536. The van der Waals surface area contributed by atoms with Gasteiger partial charge < -0.3 is 4.43 Å². The van der Waals surface area contributed by atoms with Crippen molar-refractivity contribution in [3.05, 3.63) is 35.9 Å². The normalized spacial score (nSPS) is 13.4. The Hall–Kier alpha value is -0.933. The molecule has 106 valence electrons. The molecule has 0 saturated heterocycles. The molecular formula is C16H26O2Si. The van der Waals surface area contributed by atoms with E-state index in [0.717, 1.165) is 0 Å². The number of hydrogen-bond acceptors (Lipinski definition) is 2. The highest BCUT2D eigenvalue weighted by molar-refractivity contribution is 6.74. The fraction of sp³-hybridized carbons (Fsp3) is 0.562. The largest absolute Gasteiger partial charge is 0.405 e. The molecule has 0 aliphatic heterocycles. The van der Waals surface area contributed by atoms with E-state index in [0.29, 0.717) is 5.56 Å². The summed E-state index contributed by atoms with van der Waals surface area (Å²) in [6.07, 6.45) is 0. The SMILES string of the molecule is CC(C)(O[Si](C)(C)C(C)(C)C)C(=O)c1ccccc1. The molecule has 3 heteroatoms. The quantitative estimate of drug-likeness (QED) is 0.591. The van der Waals surface area contributed by atoms with E-state index in [9.17, 15) is 4.79 Å². The Labute approximate surface area is 118 Å². The van der Waals surface area contributed by atoms with Crippen molar-refractivity contribution in [2.24, 2.45) is 0 Å². The highest BCUT2D eigenvalue weighted by atomic mass is 28.4. The van der Waals surface area contributed by atoms with Crippen molar-refractivity contribution >= 4 is 14.1 Å². The maximum atomic E-state index is 12.6. The molecule has 1 rings (SSSR count). The van der Waals surface area contributed by atoms with E-state index in [-0.39, 0.29) is 10.8 Å². The highest BCUT2D eigenvalue weighted by Crippen LogP contribution is 2.39. The van der Waals surface area contributed by atoms with Crippen LogP contribution in [0.15, 0.2) is 30.3 Å². The molecule has 0 atom stereocenters. The van der Waals surface area contributed by atoms with Gasteiger partial charge in [0, 0.05) is 5.56 Å². The Morgan fingerprint density at radius 3 is 1.89 bits per heavy atom. The molecule has 0 aliphatic carbocycles. The third-order valence-electron chi connectivity index (χ3n) is 3.90. The van der Waals surface area contributed by atoms with Gasteiger partial charge in [-0.05, 0) is 32.0 Å². The molecular weight excluding hydrogens is 252 g/mol. The van der Waals surface area contributed by atoms with E-state index in [2.05, 4.69) is 33.9 Å². The van der Waals surface area contributed by atoms with Gasteiger partial charge in [0.25, 0.3) is 0 Å². The van der Waals surface area contributed by atoms with Gasteiger partial charge in [0.15, 0.2) is 14.1 Å². The van der Waals surface area contributed by atoms with Gasteiger partial charge in [-0.1, -0.05) is 51.1 Å². The van der Waals surface area contributed by atoms with Crippen LogP contribution in [0.2, 0.25) is 18.1 Å². The lowest BCUT2D eigenvalue weighted by molar-refractivity contribution is 0.0532. The van der Waals surface area contributed by atoms with Gasteiger partial charge in [0.05, 0.1) is 0 Å². The summed E-state index contributed by atoms with van der Waals surface area (Å²) in [4.78, 5) is 12.6. The first-order valence-corrected chi connectivity index (χ1v) is 9.68. The first-order chi connectivity index (χ1) is 8.47. The molecule has 0 fully saturated rings. The Kier molecular flexibility index (Phi) is 4.42. The molecule has 0 amide bonds. The van der Waals surface area contributed by atoms with Crippen LogP contribution >= 0.6 is 0 Å². The fourth-order valence-corrected chi connectivity index (χ4v) is 3.45. The second-order valence-corrected chi connectivity index (χ2v) is 11.8. The Balaban J connectivity index is 2.97. The van der Waals surface area contributed by atoms with Crippen LogP contribution in [-0.4, -0.2) is 19.7 Å². The molecule has 0 N–H and O–H groups in total. The van der Waals surface area contributed by atoms with Gasteiger partial charge in [0.1, 0.15) is 5.60 Å². The fourth-order valence-electron chi connectivity index (χ4n) is 1.77. The summed E-state index contributed by atoms with van der Waals surface area (Å²) < 4.78 is 6.30. The average Bonchev–Trinajstić information content (AvgIpc) is 2.26. The van der Waals surface area contributed by atoms with Crippen molar-refractivity contribution in [1.29, 1.82) is 0 Å². The minimum Gasteiger partial charge on any atom is -0.405 e. The van der Waals surface area contributed by atoms with E-state index in [1.165, 1.54) is 0 Å². The lowest BCUT2D eigenvalue weighted by Crippen LogP contribution is -2.50. The van der Waals surface area contributed by atoms with Crippen LogP contribution in [0.25, 0.3) is 0 Å². The number of carbonyl (C=O) groups excluding carboxylic acids is 1.